The molecule has 2 aromatic heterocycles. The van der Waals surface area contributed by atoms with E-state index >= 15 is 0 Å². The summed E-state index contributed by atoms with van der Waals surface area (Å²) in [5.41, 5.74) is 12.3. The van der Waals surface area contributed by atoms with E-state index in [1.807, 2.05) is 54.6 Å². The van der Waals surface area contributed by atoms with E-state index in [1.54, 1.807) is 0 Å². The van der Waals surface area contributed by atoms with E-state index in [-0.39, 0.29) is 0 Å². The van der Waals surface area contributed by atoms with Gasteiger partial charge in [-0.25, -0.2) is 0 Å². The Morgan fingerprint density at radius 1 is 0.412 bits per heavy atom. The van der Waals surface area contributed by atoms with Crippen LogP contribution < -0.4 is 15.0 Å². The second-order valence-electron chi connectivity index (χ2n) is 18.5. The Kier molecular flexibility index (Phi) is 9.82. The van der Waals surface area contributed by atoms with Gasteiger partial charge in [0, 0.05) is 44.3 Å². The first-order valence-electron chi connectivity index (χ1n) is 23.0. The quantitative estimate of drug-likeness (QED) is 0.107. The van der Waals surface area contributed by atoms with Crippen LogP contribution in [0.4, 0.5) is 34.1 Å². The molecule has 0 spiro atoms. The summed E-state index contributed by atoms with van der Waals surface area (Å²) in [4.78, 5) is 4.55. The molecule has 10 aromatic carbocycles. The molecule has 0 aliphatic heterocycles. The molecule has 0 aliphatic carbocycles. The van der Waals surface area contributed by atoms with Crippen molar-refractivity contribution in [3.8, 4) is 6.07 Å². The molecule has 0 saturated heterocycles. The lowest BCUT2D eigenvalue weighted by molar-refractivity contribution is 0.668. The molecular weight excluding hydrogens is 847 g/mol. The van der Waals surface area contributed by atoms with Gasteiger partial charge in [-0.2, -0.15) is 5.26 Å². The van der Waals surface area contributed by atoms with Crippen LogP contribution in [-0.4, -0.2) is 8.07 Å². The Morgan fingerprint density at radius 2 is 0.824 bits per heavy atom. The smallest absolute Gasteiger partial charge is 0.159 e. The van der Waals surface area contributed by atoms with Crippen LogP contribution in [0.25, 0.3) is 77.6 Å². The maximum atomic E-state index is 9.58. The number of rotatable bonds is 9. The monoisotopic (exact) mass is 891 g/mol. The maximum absolute atomic E-state index is 9.58. The molecule has 0 aliphatic rings. The Bertz CT molecular complexity index is 3980. The average molecular weight is 892 g/mol. The van der Waals surface area contributed by atoms with E-state index < -0.39 is 8.07 Å². The normalized spacial score (nSPS) is 12.0. The van der Waals surface area contributed by atoms with Gasteiger partial charge in [0.15, 0.2) is 11.2 Å². The lowest BCUT2D eigenvalue weighted by Crippen LogP contribution is -2.37. The summed E-state index contributed by atoms with van der Waals surface area (Å²) >= 11 is 0. The van der Waals surface area contributed by atoms with Crippen molar-refractivity contribution < 1.29 is 8.83 Å². The minimum Gasteiger partial charge on any atom is -0.454 e. The molecule has 6 heteroatoms. The molecule has 68 heavy (non-hydrogen) atoms. The molecule has 0 saturated carbocycles. The fourth-order valence-electron chi connectivity index (χ4n) is 9.65. The topological polar surface area (TPSA) is 56.5 Å². The number of para-hydroxylation sites is 4. The van der Waals surface area contributed by atoms with Gasteiger partial charge in [-0.15, -0.1) is 0 Å². The first-order valence-corrected chi connectivity index (χ1v) is 26.5. The highest BCUT2D eigenvalue weighted by molar-refractivity contribution is 6.88. The van der Waals surface area contributed by atoms with Crippen LogP contribution in [0.15, 0.2) is 215 Å². The summed E-state index contributed by atoms with van der Waals surface area (Å²) < 4.78 is 13.1. The summed E-state index contributed by atoms with van der Waals surface area (Å²) in [5.74, 6) is 0. The van der Waals surface area contributed by atoms with Gasteiger partial charge in [0.05, 0.1) is 31.1 Å². The average Bonchev–Trinajstić information content (AvgIpc) is 3.96. The van der Waals surface area contributed by atoms with Gasteiger partial charge in [0.1, 0.15) is 11.2 Å². The van der Waals surface area contributed by atoms with Crippen molar-refractivity contribution in [2.24, 2.45) is 0 Å². The highest BCUT2D eigenvalue weighted by Gasteiger charge is 2.23. The number of anilines is 6. The molecule has 5 nitrogen and oxygen atoms in total. The predicted molar refractivity (Wildman–Crippen MR) is 288 cm³/mol. The van der Waals surface area contributed by atoms with Gasteiger partial charge < -0.3 is 18.6 Å². The molecule has 0 N–H and O–H groups in total. The summed E-state index contributed by atoms with van der Waals surface area (Å²) in [6, 6.07) is 74.9. The van der Waals surface area contributed by atoms with Crippen LogP contribution >= 0.6 is 0 Å². The minimum absolute atomic E-state index is 0.614. The third-order valence-electron chi connectivity index (χ3n) is 13.2. The van der Waals surface area contributed by atoms with Crippen LogP contribution in [0, 0.1) is 11.3 Å². The van der Waals surface area contributed by atoms with Crippen molar-refractivity contribution >= 4 is 125 Å². The maximum Gasteiger partial charge on any atom is 0.159 e. The van der Waals surface area contributed by atoms with E-state index in [0.717, 1.165) is 105 Å². The summed E-state index contributed by atoms with van der Waals surface area (Å²) in [7, 11) is -1.49. The SMILES string of the molecule is C[Si](C)(C)c1ccc(N(c2ccc3cc(/C=C/c4ccc5cc(N(c6ccc(C#N)cc6)c6cccc7c6oc6ccccc67)ccc5c4)ccc3c2)c2cccc3c2oc2ccccc23)cc1. The minimum atomic E-state index is -1.49. The van der Waals surface area contributed by atoms with E-state index in [9.17, 15) is 5.26 Å². The lowest BCUT2D eigenvalue weighted by atomic mass is 10.0. The lowest BCUT2D eigenvalue weighted by Gasteiger charge is -2.27. The molecule has 0 amide bonds. The number of furan rings is 2. The van der Waals surface area contributed by atoms with E-state index in [4.69, 9.17) is 8.83 Å². The van der Waals surface area contributed by atoms with Gasteiger partial charge in [-0.3, -0.25) is 0 Å². The van der Waals surface area contributed by atoms with Crippen LogP contribution in [0.5, 0.6) is 0 Å². The highest BCUT2D eigenvalue weighted by atomic mass is 28.3. The zero-order valence-electron chi connectivity index (χ0n) is 37.9. The van der Waals surface area contributed by atoms with Crippen LogP contribution in [0.3, 0.4) is 0 Å². The molecular formula is C62H45N3O2Si. The van der Waals surface area contributed by atoms with Crippen molar-refractivity contribution in [2.45, 2.75) is 19.6 Å². The van der Waals surface area contributed by atoms with Crippen molar-refractivity contribution in [2.75, 3.05) is 9.80 Å². The van der Waals surface area contributed by atoms with Crippen LogP contribution in [0.1, 0.15) is 16.7 Å². The van der Waals surface area contributed by atoms with Crippen molar-refractivity contribution in [1.82, 2.24) is 0 Å². The summed E-state index contributed by atoms with van der Waals surface area (Å²) in [6.07, 6.45) is 4.38. The van der Waals surface area contributed by atoms with Crippen LogP contribution in [0.2, 0.25) is 19.6 Å². The molecule has 2 heterocycles. The molecule has 0 atom stereocenters. The van der Waals surface area contributed by atoms with Crippen molar-refractivity contribution in [3.05, 3.63) is 223 Å². The number of benzene rings is 10. The van der Waals surface area contributed by atoms with Crippen molar-refractivity contribution in [3.63, 3.8) is 0 Å². The fourth-order valence-corrected chi connectivity index (χ4v) is 10.8. The third-order valence-corrected chi connectivity index (χ3v) is 15.2. The number of fused-ring (bicyclic) bond motifs is 8. The Balaban J connectivity index is 0.860. The first-order chi connectivity index (χ1) is 33.3. The standard InChI is InChI=1S/C62H45N3O2Si/c1-68(2,3)52-34-32-49(33-35-52)65(58-15-9-13-56-54-11-5-7-17-60(54)67-62(56)58)51-31-27-45-37-42(21-25-47(45)39-51)19-18-41-20-24-46-38-50(30-26-44(46)36-41)64(48-28-22-43(40-63)23-29-48)57-14-8-12-55-53-10-4-6-16-59(53)66-61(55)57/h4-39H,1-3H3/b19-18+. The fraction of sp³-hybridized carbons (Fsp3) is 0.0484. The largest absolute Gasteiger partial charge is 0.454 e. The predicted octanol–water partition coefficient (Wildman–Crippen LogP) is 17.3. The van der Waals surface area contributed by atoms with Crippen LogP contribution in [-0.2, 0) is 0 Å². The zero-order valence-corrected chi connectivity index (χ0v) is 38.9. The van der Waals surface area contributed by atoms with Gasteiger partial charge in [-0.1, -0.05) is 146 Å². The second-order valence-corrected chi connectivity index (χ2v) is 23.6. The van der Waals surface area contributed by atoms with E-state index in [0.29, 0.717) is 5.56 Å². The molecule has 12 aromatic rings. The zero-order chi connectivity index (χ0) is 45.9. The molecule has 0 fully saturated rings. The van der Waals surface area contributed by atoms with Gasteiger partial charge in [0.25, 0.3) is 0 Å². The number of nitrogens with zero attached hydrogens (tertiary/aromatic N) is 3. The number of hydrogen-bond acceptors (Lipinski definition) is 5. The summed E-state index contributed by atoms with van der Waals surface area (Å²) in [5, 5.41) is 20.0. The Hall–Kier alpha value is -8.63. The van der Waals surface area contributed by atoms with E-state index in [2.05, 4.69) is 199 Å². The summed E-state index contributed by atoms with van der Waals surface area (Å²) in [6.45, 7) is 7.17. The van der Waals surface area contributed by atoms with Gasteiger partial charge >= 0.3 is 0 Å². The molecule has 0 radical (unpaired) electrons. The number of nitriles is 1. The third kappa shape index (κ3) is 7.27. The second kappa shape index (κ2) is 16.4. The van der Waals surface area contributed by atoms with Gasteiger partial charge in [0.2, 0.25) is 0 Å². The number of hydrogen-bond donors (Lipinski definition) is 0. The highest BCUT2D eigenvalue weighted by Crippen LogP contribution is 2.44. The van der Waals surface area contributed by atoms with Gasteiger partial charge in [-0.05, 0) is 130 Å². The molecule has 0 bridgehead atoms. The first kappa shape index (κ1) is 40.8. The van der Waals surface area contributed by atoms with Crippen molar-refractivity contribution in [1.29, 1.82) is 5.26 Å². The Morgan fingerprint density at radius 3 is 1.29 bits per heavy atom. The molecule has 0 unspecified atom stereocenters. The Labute approximate surface area is 395 Å². The molecule has 12 rings (SSSR count). The molecule has 324 valence electrons. The van der Waals surface area contributed by atoms with E-state index in [1.165, 1.54) is 10.6 Å².